The zero-order valence-corrected chi connectivity index (χ0v) is 8.67. The highest BCUT2D eigenvalue weighted by molar-refractivity contribution is 5.20. The zero-order chi connectivity index (χ0) is 10.7. The van der Waals surface area contributed by atoms with E-state index in [1.54, 1.807) is 12.1 Å². The monoisotopic (exact) mass is 203 g/mol. The Morgan fingerprint density at radius 1 is 1.20 bits per heavy atom. The van der Waals surface area contributed by atoms with E-state index in [0.29, 0.717) is 0 Å². The fraction of sp³-hybridized carbons (Fsp3) is 0.462. The van der Waals surface area contributed by atoms with E-state index in [1.165, 1.54) is 12.1 Å². The van der Waals surface area contributed by atoms with Gasteiger partial charge in [0.2, 0.25) is 0 Å². The molecule has 1 aliphatic carbocycles. The molecule has 0 radical (unpaired) electrons. The molecule has 0 saturated heterocycles. The summed E-state index contributed by atoms with van der Waals surface area (Å²) in [5.74, 6) is -0.212. The summed E-state index contributed by atoms with van der Waals surface area (Å²) >= 11 is 0. The zero-order valence-electron chi connectivity index (χ0n) is 8.67. The second kappa shape index (κ2) is 4.02. The molecule has 1 nitrogen and oxygen atoms in total. The average molecular weight is 203 g/mol. The molecule has 15 heavy (non-hydrogen) atoms. The van der Waals surface area contributed by atoms with Crippen molar-refractivity contribution in [2.24, 2.45) is 5.41 Å². The predicted molar refractivity (Wildman–Crippen MR) is 56.6 cm³/mol. The van der Waals surface area contributed by atoms with Crippen LogP contribution in [0.4, 0.5) is 4.39 Å². The summed E-state index contributed by atoms with van der Waals surface area (Å²) in [6.07, 6.45) is 5.04. The van der Waals surface area contributed by atoms with Crippen LogP contribution in [0.1, 0.15) is 31.2 Å². The number of hydrogen-bond donors (Lipinski definition) is 0. The van der Waals surface area contributed by atoms with E-state index >= 15 is 0 Å². The smallest absolute Gasteiger partial charge is 0.123 e. The largest absolute Gasteiger partial charge is 0.207 e. The summed E-state index contributed by atoms with van der Waals surface area (Å²) in [5.41, 5.74) is 0.887. The maximum absolute atomic E-state index is 12.7. The van der Waals surface area contributed by atoms with Crippen LogP contribution < -0.4 is 0 Å². The standard InChI is InChI=1S/C13H14FN/c14-12-5-3-11(4-6-12)9-13(10-15)7-1-2-8-13/h3-6H,1-2,7-9H2. The van der Waals surface area contributed by atoms with Crippen molar-refractivity contribution in [2.75, 3.05) is 0 Å². The fourth-order valence-electron chi connectivity index (χ4n) is 2.37. The number of hydrogen-bond acceptors (Lipinski definition) is 1. The second-order valence-electron chi connectivity index (χ2n) is 4.40. The van der Waals surface area contributed by atoms with Gasteiger partial charge in [-0.05, 0) is 37.0 Å². The second-order valence-corrected chi connectivity index (χ2v) is 4.40. The molecule has 0 aromatic heterocycles. The van der Waals surface area contributed by atoms with Crippen molar-refractivity contribution in [1.29, 1.82) is 5.26 Å². The lowest BCUT2D eigenvalue weighted by molar-refractivity contribution is 0.407. The average Bonchev–Trinajstić information content (AvgIpc) is 2.71. The van der Waals surface area contributed by atoms with E-state index in [-0.39, 0.29) is 11.2 Å². The molecular weight excluding hydrogens is 189 g/mol. The molecule has 0 spiro atoms. The molecule has 78 valence electrons. The summed E-state index contributed by atoms with van der Waals surface area (Å²) in [7, 11) is 0. The van der Waals surface area contributed by atoms with Crippen molar-refractivity contribution in [3.8, 4) is 6.07 Å². The van der Waals surface area contributed by atoms with Gasteiger partial charge in [-0.15, -0.1) is 0 Å². The molecule has 1 aromatic carbocycles. The van der Waals surface area contributed by atoms with Gasteiger partial charge < -0.3 is 0 Å². The molecule has 2 heteroatoms. The van der Waals surface area contributed by atoms with Gasteiger partial charge in [-0.2, -0.15) is 5.26 Å². The van der Waals surface area contributed by atoms with Crippen LogP contribution in [0, 0.1) is 22.6 Å². The highest BCUT2D eigenvalue weighted by Gasteiger charge is 2.33. The molecule has 0 N–H and O–H groups in total. The Morgan fingerprint density at radius 3 is 2.33 bits per heavy atom. The molecule has 1 aromatic rings. The molecular formula is C13H14FN. The minimum atomic E-state index is -0.212. The highest BCUT2D eigenvalue weighted by atomic mass is 19.1. The lowest BCUT2D eigenvalue weighted by atomic mass is 9.81. The number of halogens is 1. The van der Waals surface area contributed by atoms with E-state index in [4.69, 9.17) is 0 Å². The summed E-state index contributed by atoms with van der Waals surface area (Å²) in [4.78, 5) is 0. The molecule has 0 amide bonds. The van der Waals surface area contributed by atoms with Crippen molar-refractivity contribution >= 4 is 0 Å². The van der Waals surface area contributed by atoms with Gasteiger partial charge in [0.15, 0.2) is 0 Å². The van der Waals surface area contributed by atoms with E-state index in [1.807, 2.05) is 0 Å². The first-order valence-electron chi connectivity index (χ1n) is 5.40. The lowest BCUT2D eigenvalue weighted by Gasteiger charge is -2.19. The minimum Gasteiger partial charge on any atom is -0.207 e. The van der Waals surface area contributed by atoms with Gasteiger partial charge in [0, 0.05) is 0 Å². The molecule has 1 fully saturated rings. The Kier molecular flexibility index (Phi) is 2.73. The Morgan fingerprint density at radius 2 is 1.80 bits per heavy atom. The molecule has 1 aliphatic rings. The Bertz CT molecular complexity index is 369. The van der Waals surface area contributed by atoms with Crippen molar-refractivity contribution < 1.29 is 4.39 Å². The van der Waals surface area contributed by atoms with Crippen LogP contribution in [0.25, 0.3) is 0 Å². The molecule has 0 atom stereocenters. The lowest BCUT2D eigenvalue weighted by Crippen LogP contribution is -2.16. The maximum Gasteiger partial charge on any atom is 0.123 e. The molecule has 0 heterocycles. The minimum absolute atomic E-state index is 0.183. The number of nitrogens with zero attached hydrogens (tertiary/aromatic N) is 1. The topological polar surface area (TPSA) is 23.8 Å². The Hall–Kier alpha value is -1.36. The van der Waals surface area contributed by atoms with Gasteiger partial charge in [-0.25, -0.2) is 4.39 Å². The SMILES string of the molecule is N#CC1(Cc2ccc(F)cc2)CCCC1. The Balaban J connectivity index is 2.14. The van der Waals surface area contributed by atoms with Gasteiger partial charge in [-0.1, -0.05) is 25.0 Å². The van der Waals surface area contributed by atoms with Crippen molar-refractivity contribution in [2.45, 2.75) is 32.1 Å². The summed E-state index contributed by atoms with van der Waals surface area (Å²) in [6, 6.07) is 8.95. The third kappa shape index (κ3) is 2.18. The molecule has 0 unspecified atom stereocenters. The molecule has 2 rings (SSSR count). The van der Waals surface area contributed by atoms with Crippen molar-refractivity contribution in [1.82, 2.24) is 0 Å². The van der Waals surface area contributed by atoms with Gasteiger partial charge in [0.1, 0.15) is 5.82 Å². The number of nitriles is 1. The van der Waals surface area contributed by atoms with Crippen LogP contribution in [-0.2, 0) is 6.42 Å². The number of rotatable bonds is 2. The molecule has 0 bridgehead atoms. The van der Waals surface area contributed by atoms with Gasteiger partial charge in [0.25, 0.3) is 0 Å². The quantitative estimate of drug-likeness (QED) is 0.722. The van der Waals surface area contributed by atoms with Crippen molar-refractivity contribution in [3.05, 3.63) is 35.6 Å². The van der Waals surface area contributed by atoms with Crippen LogP contribution in [0.2, 0.25) is 0 Å². The first kappa shape index (κ1) is 10.2. The first-order valence-corrected chi connectivity index (χ1v) is 5.40. The highest BCUT2D eigenvalue weighted by Crippen LogP contribution is 2.40. The van der Waals surface area contributed by atoms with E-state index in [9.17, 15) is 9.65 Å². The summed E-state index contributed by atoms with van der Waals surface area (Å²) < 4.78 is 12.7. The van der Waals surface area contributed by atoms with Crippen LogP contribution in [-0.4, -0.2) is 0 Å². The normalized spacial score (nSPS) is 18.7. The Labute approximate surface area is 89.5 Å². The third-order valence-electron chi connectivity index (χ3n) is 3.25. The van der Waals surface area contributed by atoms with Gasteiger partial charge in [0.05, 0.1) is 11.5 Å². The van der Waals surface area contributed by atoms with Crippen molar-refractivity contribution in [3.63, 3.8) is 0 Å². The molecule has 0 aliphatic heterocycles. The first-order chi connectivity index (χ1) is 7.24. The van der Waals surface area contributed by atoms with Crippen LogP contribution in [0.15, 0.2) is 24.3 Å². The van der Waals surface area contributed by atoms with Gasteiger partial charge >= 0.3 is 0 Å². The molecule has 1 saturated carbocycles. The fourth-order valence-corrected chi connectivity index (χ4v) is 2.37. The van der Waals surface area contributed by atoms with Gasteiger partial charge in [-0.3, -0.25) is 0 Å². The summed E-state index contributed by atoms with van der Waals surface area (Å²) in [6.45, 7) is 0. The predicted octanol–water partition coefficient (Wildman–Crippen LogP) is 3.45. The van der Waals surface area contributed by atoms with Crippen LogP contribution >= 0.6 is 0 Å². The number of benzene rings is 1. The van der Waals surface area contributed by atoms with E-state index < -0.39 is 0 Å². The maximum atomic E-state index is 12.7. The third-order valence-corrected chi connectivity index (χ3v) is 3.25. The van der Waals surface area contributed by atoms with E-state index in [0.717, 1.165) is 37.7 Å². The van der Waals surface area contributed by atoms with Crippen LogP contribution in [0.3, 0.4) is 0 Å². The summed E-state index contributed by atoms with van der Waals surface area (Å²) in [5, 5.41) is 9.21. The van der Waals surface area contributed by atoms with E-state index in [2.05, 4.69) is 6.07 Å². The van der Waals surface area contributed by atoms with Crippen LogP contribution in [0.5, 0.6) is 0 Å².